The molecular formula is C31H30F3N3O5S. The number of anilines is 1. The summed E-state index contributed by atoms with van der Waals surface area (Å²) in [5.41, 5.74) is 1.69. The lowest BCUT2D eigenvalue weighted by Gasteiger charge is -2.26. The Bertz CT molecular complexity index is 1720. The Morgan fingerprint density at radius 1 is 0.977 bits per heavy atom. The number of hydrogen-bond donors (Lipinski definition) is 1. The van der Waals surface area contributed by atoms with Crippen LogP contribution in [-0.2, 0) is 14.8 Å². The van der Waals surface area contributed by atoms with Gasteiger partial charge in [-0.2, -0.15) is 4.72 Å². The van der Waals surface area contributed by atoms with E-state index in [-0.39, 0.29) is 17.1 Å². The van der Waals surface area contributed by atoms with Crippen molar-refractivity contribution in [3.8, 4) is 5.75 Å². The molecule has 2 heterocycles. The maximum atomic E-state index is 13.7. The van der Waals surface area contributed by atoms with Crippen molar-refractivity contribution in [1.29, 1.82) is 0 Å². The normalized spacial score (nSPS) is 14.6. The van der Waals surface area contributed by atoms with E-state index < -0.39 is 34.1 Å². The number of halogens is 3. The molecule has 12 heteroatoms. The Labute approximate surface area is 247 Å². The number of nitrogens with one attached hydrogen (secondary N) is 1. The van der Waals surface area contributed by atoms with Crippen LogP contribution in [0.5, 0.6) is 5.75 Å². The fourth-order valence-corrected chi connectivity index (χ4v) is 6.39. The fourth-order valence-electron chi connectivity index (χ4n) is 5.20. The van der Waals surface area contributed by atoms with Gasteiger partial charge >= 0.3 is 12.3 Å². The smallest absolute Gasteiger partial charge is 0.462 e. The van der Waals surface area contributed by atoms with E-state index in [2.05, 4.69) is 14.4 Å². The third-order valence-electron chi connectivity index (χ3n) is 7.26. The van der Waals surface area contributed by atoms with Crippen LogP contribution in [0.1, 0.15) is 53.0 Å². The molecule has 5 rings (SSSR count). The lowest BCUT2D eigenvalue weighted by Crippen LogP contribution is -2.31. The highest BCUT2D eigenvalue weighted by Crippen LogP contribution is 2.36. The second-order valence-corrected chi connectivity index (χ2v) is 11.8. The molecule has 43 heavy (non-hydrogen) atoms. The molecule has 0 spiro atoms. The van der Waals surface area contributed by atoms with Gasteiger partial charge in [-0.3, -0.25) is 0 Å². The summed E-state index contributed by atoms with van der Waals surface area (Å²) < 4.78 is 77.7. The second-order valence-electron chi connectivity index (χ2n) is 10.1. The number of ether oxygens (including phenoxy) is 2. The summed E-state index contributed by atoms with van der Waals surface area (Å²) in [4.78, 5) is 19.1. The summed E-state index contributed by atoms with van der Waals surface area (Å²) >= 11 is 0. The Balaban J connectivity index is 1.61. The highest BCUT2D eigenvalue weighted by Gasteiger charge is 2.32. The van der Waals surface area contributed by atoms with Gasteiger partial charge < -0.3 is 14.4 Å². The Hall–Kier alpha value is -4.16. The first-order valence-corrected chi connectivity index (χ1v) is 15.2. The van der Waals surface area contributed by atoms with Gasteiger partial charge in [0, 0.05) is 18.5 Å². The third-order valence-corrected chi connectivity index (χ3v) is 8.70. The third kappa shape index (κ3) is 6.75. The van der Waals surface area contributed by atoms with Crippen molar-refractivity contribution in [1.82, 2.24) is 9.71 Å². The van der Waals surface area contributed by atoms with Gasteiger partial charge in [0.25, 0.3) is 0 Å². The van der Waals surface area contributed by atoms with E-state index >= 15 is 0 Å². The van der Waals surface area contributed by atoms with Crippen LogP contribution in [0, 0.1) is 6.92 Å². The molecule has 1 aliphatic heterocycles. The molecule has 0 aliphatic carbocycles. The number of aromatic nitrogens is 1. The molecular weight excluding hydrogens is 583 g/mol. The average molecular weight is 614 g/mol. The lowest BCUT2D eigenvalue weighted by molar-refractivity contribution is -0.274. The van der Waals surface area contributed by atoms with Crippen molar-refractivity contribution in [3.63, 3.8) is 0 Å². The van der Waals surface area contributed by atoms with E-state index in [0.717, 1.165) is 54.4 Å². The summed E-state index contributed by atoms with van der Waals surface area (Å²) in [5.74, 6) is -0.300. The molecule has 1 aromatic heterocycles. The van der Waals surface area contributed by atoms with E-state index in [1.165, 1.54) is 36.4 Å². The van der Waals surface area contributed by atoms with Gasteiger partial charge in [0.15, 0.2) is 0 Å². The fraction of sp³-hybridized carbons (Fsp3) is 0.290. The summed E-state index contributed by atoms with van der Waals surface area (Å²) in [6.45, 7) is 5.28. The molecule has 1 aliphatic rings. The summed E-state index contributed by atoms with van der Waals surface area (Å²) in [7, 11) is -4.22. The molecule has 0 radical (unpaired) electrons. The molecule has 1 N–H and O–H groups in total. The maximum absolute atomic E-state index is 13.7. The van der Waals surface area contributed by atoms with Crippen LogP contribution in [0.15, 0.2) is 77.7 Å². The van der Waals surface area contributed by atoms with Crippen molar-refractivity contribution < 1.29 is 35.9 Å². The number of esters is 1. The van der Waals surface area contributed by atoms with Crippen LogP contribution >= 0.6 is 0 Å². The first kappa shape index (κ1) is 30.3. The number of aryl methyl sites for hydroxylation is 1. The maximum Gasteiger partial charge on any atom is 0.573 e. The van der Waals surface area contributed by atoms with Crippen LogP contribution in [0.4, 0.5) is 19.0 Å². The van der Waals surface area contributed by atoms with Crippen molar-refractivity contribution in [2.24, 2.45) is 0 Å². The molecule has 0 saturated carbocycles. The Morgan fingerprint density at radius 2 is 1.60 bits per heavy atom. The van der Waals surface area contributed by atoms with Crippen LogP contribution in [-0.4, -0.2) is 45.4 Å². The number of carbonyl (C=O) groups is 1. The molecule has 1 fully saturated rings. The number of rotatable bonds is 9. The van der Waals surface area contributed by atoms with Crippen LogP contribution in [0.3, 0.4) is 0 Å². The zero-order chi connectivity index (χ0) is 30.8. The number of alkyl halides is 3. The van der Waals surface area contributed by atoms with Crippen LogP contribution in [0.2, 0.25) is 0 Å². The van der Waals surface area contributed by atoms with E-state index in [1.54, 1.807) is 6.92 Å². The van der Waals surface area contributed by atoms with Gasteiger partial charge in [0.05, 0.1) is 28.8 Å². The minimum atomic E-state index is -4.88. The number of nitrogens with zero attached hydrogens (tertiary/aromatic N) is 2. The van der Waals surface area contributed by atoms with Crippen molar-refractivity contribution in [2.45, 2.75) is 44.0 Å². The van der Waals surface area contributed by atoms with Gasteiger partial charge in [-0.05, 0) is 79.6 Å². The minimum absolute atomic E-state index is 0.110. The van der Waals surface area contributed by atoms with Gasteiger partial charge in [-0.25, -0.2) is 18.2 Å². The monoisotopic (exact) mass is 613 g/mol. The van der Waals surface area contributed by atoms with Gasteiger partial charge in [0.2, 0.25) is 10.0 Å². The van der Waals surface area contributed by atoms with E-state index in [9.17, 15) is 26.4 Å². The van der Waals surface area contributed by atoms with E-state index in [4.69, 9.17) is 9.72 Å². The minimum Gasteiger partial charge on any atom is -0.462 e. The molecule has 1 saturated heterocycles. The van der Waals surface area contributed by atoms with Crippen LogP contribution in [0.25, 0.3) is 10.8 Å². The number of benzene rings is 3. The number of sulfonamides is 1. The zero-order valence-electron chi connectivity index (χ0n) is 23.5. The molecule has 4 aromatic rings. The van der Waals surface area contributed by atoms with Gasteiger partial charge in [0.1, 0.15) is 11.6 Å². The topological polar surface area (TPSA) is 97.8 Å². The summed E-state index contributed by atoms with van der Waals surface area (Å²) in [6.07, 6.45) is -2.88. The molecule has 1 atom stereocenters. The number of pyridine rings is 1. The molecule has 3 aromatic carbocycles. The highest BCUT2D eigenvalue weighted by atomic mass is 32.2. The van der Waals surface area contributed by atoms with Crippen molar-refractivity contribution in [2.75, 3.05) is 24.6 Å². The first-order valence-electron chi connectivity index (χ1n) is 13.8. The second kappa shape index (κ2) is 12.2. The van der Waals surface area contributed by atoms with Crippen molar-refractivity contribution >= 4 is 32.6 Å². The Morgan fingerprint density at radius 3 is 2.21 bits per heavy atom. The molecule has 226 valence electrons. The summed E-state index contributed by atoms with van der Waals surface area (Å²) in [6, 6.07) is 17.0. The molecule has 1 unspecified atom stereocenters. The number of carbonyl (C=O) groups excluding carboxylic acids is 1. The summed E-state index contributed by atoms with van der Waals surface area (Å²) in [5, 5.41) is 1.81. The van der Waals surface area contributed by atoms with Crippen molar-refractivity contribution in [3.05, 3.63) is 95.2 Å². The highest BCUT2D eigenvalue weighted by molar-refractivity contribution is 7.89. The predicted octanol–water partition coefficient (Wildman–Crippen LogP) is 6.29. The van der Waals surface area contributed by atoms with Crippen LogP contribution < -0.4 is 14.4 Å². The van der Waals surface area contributed by atoms with E-state index in [0.29, 0.717) is 17.1 Å². The lowest BCUT2D eigenvalue weighted by atomic mass is 9.96. The molecule has 0 bridgehead atoms. The first-order chi connectivity index (χ1) is 20.5. The van der Waals surface area contributed by atoms with Gasteiger partial charge in [-0.1, -0.05) is 36.4 Å². The SMILES string of the molecule is CCOC(=O)c1ccc(S(=O)(=O)NC(c2ccc(OC(F)(F)F)cc2)c2nc(N3CCCC3)c3ccccc3c2C)cc1. The number of fused-ring (bicyclic) bond motifs is 1. The Kier molecular flexibility index (Phi) is 8.61. The van der Waals surface area contributed by atoms with E-state index in [1.807, 2.05) is 31.2 Å². The molecule has 0 amide bonds. The number of hydrogen-bond acceptors (Lipinski definition) is 7. The standard InChI is InChI=1S/C31H30F3N3O5S/c1-3-41-30(38)22-12-16-24(17-13-22)43(39,40)36-28(21-10-14-23(15-11-21)42-31(32,33)34)27-20(2)25-8-4-5-9-26(25)29(35-27)37-18-6-7-19-37/h4-5,8-17,28,36H,3,6-7,18-19H2,1-2H3. The zero-order valence-corrected chi connectivity index (χ0v) is 24.3. The quantitative estimate of drug-likeness (QED) is 0.222. The molecule has 8 nitrogen and oxygen atoms in total. The van der Waals surface area contributed by atoms with Gasteiger partial charge in [-0.15, -0.1) is 13.2 Å². The predicted molar refractivity (Wildman–Crippen MR) is 156 cm³/mol. The average Bonchev–Trinajstić information content (AvgIpc) is 3.51. The largest absolute Gasteiger partial charge is 0.573 e.